The normalized spacial score (nSPS) is 13.8. The smallest absolute Gasteiger partial charge is 0.191 e. The molecule has 5 nitrogen and oxygen atoms in total. The number of aliphatic imine (C=N–C) groups is 1. The zero-order valence-corrected chi connectivity index (χ0v) is 14.7. The lowest BCUT2D eigenvalue weighted by molar-refractivity contribution is 0.253. The number of hydrogen-bond donors (Lipinski definition) is 3. The number of aliphatic hydroxyl groups excluding tert-OH is 1. The van der Waals surface area contributed by atoms with Gasteiger partial charge < -0.3 is 20.6 Å². The van der Waals surface area contributed by atoms with Crippen LogP contribution in [-0.4, -0.2) is 61.8 Å². The minimum absolute atomic E-state index is 0.253. The molecule has 0 aromatic carbocycles. The molecule has 0 aliphatic rings. The molecule has 0 saturated carbocycles. The first-order chi connectivity index (χ1) is 10.0. The average Bonchev–Trinajstić information content (AvgIpc) is 2.44. The Morgan fingerprint density at radius 1 is 1.19 bits per heavy atom. The summed E-state index contributed by atoms with van der Waals surface area (Å²) in [4.78, 5) is 6.97. The zero-order chi connectivity index (χ0) is 16.1. The predicted octanol–water partition coefficient (Wildman–Crippen LogP) is 1.68. The van der Waals surface area contributed by atoms with E-state index in [1.807, 2.05) is 0 Å². The second-order valence-electron chi connectivity index (χ2n) is 5.89. The summed E-state index contributed by atoms with van der Waals surface area (Å²) in [5, 5.41) is 15.8. The Labute approximate surface area is 131 Å². The van der Waals surface area contributed by atoms with Crippen LogP contribution in [0.15, 0.2) is 4.99 Å². The lowest BCUT2D eigenvalue weighted by Gasteiger charge is -2.22. The first-order valence-corrected chi connectivity index (χ1v) is 8.38. The van der Waals surface area contributed by atoms with Crippen LogP contribution in [0.1, 0.15) is 47.0 Å². The largest absolute Gasteiger partial charge is 0.396 e. The summed E-state index contributed by atoms with van der Waals surface area (Å²) < 4.78 is 0. The molecule has 0 aromatic heterocycles. The summed E-state index contributed by atoms with van der Waals surface area (Å²) in [5.74, 6) is 1.36. The van der Waals surface area contributed by atoms with Crippen molar-refractivity contribution >= 4 is 5.96 Å². The van der Waals surface area contributed by atoms with Crippen molar-refractivity contribution in [1.82, 2.24) is 15.5 Å². The summed E-state index contributed by atoms with van der Waals surface area (Å²) in [5.41, 5.74) is 0. The van der Waals surface area contributed by atoms with Crippen molar-refractivity contribution in [2.24, 2.45) is 10.9 Å². The summed E-state index contributed by atoms with van der Waals surface area (Å²) in [7, 11) is 2.13. The number of guanidine groups is 1. The highest BCUT2D eigenvalue weighted by Gasteiger charge is 2.07. The molecule has 0 fully saturated rings. The van der Waals surface area contributed by atoms with E-state index in [-0.39, 0.29) is 6.61 Å². The number of nitrogens with one attached hydrogen (secondary N) is 2. The van der Waals surface area contributed by atoms with Gasteiger partial charge in [-0.25, -0.2) is 0 Å². The van der Waals surface area contributed by atoms with E-state index in [9.17, 15) is 0 Å². The fraction of sp³-hybridized carbons (Fsp3) is 0.938. The van der Waals surface area contributed by atoms with Crippen LogP contribution in [0.25, 0.3) is 0 Å². The molecular weight excluding hydrogens is 264 g/mol. The molecule has 0 saturated heterocycles. The van der Waals surface area contributed by atoms with Crippen LogP contribution in [0, 0.1) is 5.92 Å². The van der Waals surface area contributed by atoms with E-state index in [1.54, 1.807) is 0 Å². The molecule has 0 bridgehead atoms. The van der Waals surface area contributed by atoms with Crippen LogP contribution < -0.4 is 10.6 Å². The number of aliphatic hydroxyl groups is 1. The van der Waals surface area contributed by atoms with Crippen molar-refractivity contribution in [3.8, 4) is 0 Å². The van der Waals surface area contributed by atoms with Gasteiger partial charge in [0.25, 0.3) is 0 Å². The minimum Gasteiger partial charge on any atom is -0.396 e. The first-order valence-electron chi connectivity index (χ1n) is 8.38. The molecular formula is C16H36N4O. The van der Waals surface area contributed by atoms with Crippen LogP contribution in [-0.2, 0) is 0 Å². The number of likely N-dealkylation sites (N-methyl/N-ethyl adjacent to an activating group) is 1. The van der Waals surface area contributed by atoms with Crippen molar-refractivity contribution < 1.29 is 5.11 Å². The molecule has 1 atom stereocenters. The highest BCUT2D eigenvalue weighted by Crippen LogP contribution is 2.10. The summed E-state index contributed by atoms with van der Waals surface area (Å²) >= 11 is 0. The Bertz CT molecular complexity index is 263. The molecule has 0 amide bonds. The van der Waals surface area contributed by atoms with Gasteiger partial charge in [0.1, 0.15) is 0 Å². The fourth-order valence-electron chi connectivity index (χ4n) is 2.09. The maximum absolute atomic E-state index is 9.10. The maximum atomic E-state index is 9.10. The Kier molecular flexibility index (Phi) is 12.4. The van der Waals surface area contributed by atoms with Gasteiger partial charge in [-0.3, -0.25) is 4.99 Å². The van der Waals surface area contributed by atoms with E-state index in [1.165, 1.54) is 0 Å². The van der Waals surface area contributed by atoms with E-state index in [0.717, 1.165) is 51.4 Å². The lowest BCUT2D eigenvalue weighted by Crippen LogP contribution is -2.42. The number of nitrogens with zero attached hydrogens (tertiary/aromatic N) is 2. The zero-order valence-electron chi connectivity index (χ0n) is 14.7. The van der Waals surface area contributed by atoms with Crippen LogP contribution >= 0.6 is 0 Å². The third-order valence-corrected chi connectivity index (χ3v) is 3.72. The Morgan fingerprint density at radius 3 is 2.43 bits per heavy atom. The van der Waals surface area contributed by atoms with Gasteiger partial charge in [0.05, 0.1) is 0 Å². The van der Waals surface area contributed by atoms with Crippen molar-refractivity contribution in [2.45, 2.75) is 53.0 Å². The molecule has 0 radical (unpaired) electrons. The topological polar surface area (TPSA) is 59.9 Å². The highest BCUT2D eigenvalue weighted by molar-refractivity contribution is 5.79. The van der Waals surface area contributed by atoms with Crippen molar-refractivity contribution in [3.05, 3.63) is 0 Å². The standard InChI is InChI=1S/C16H36N4O/c1-6-8-15(9-12-21)13-19-16(17-7-2)18-10-11-20(5)14(3)4/h14-15,21H,6-13H2,1-5H3,(H2,17,18,19). The van der Waals surface area contributed by atoms with Gasteiger partial charge in [-0.1, -0.05) is 13.3 Å². The summed E-state index contributed by atoms with van der Waals surface area (Å²) in [6, 6.07) is 0.560. The van der Waals surface area contributed by atoms with E-state index >= 15 is 0 Å². The van der Waals surface area contributed by atoms with Crippen LogP contribution in [0.5, 0.6) is 0 Å². The average molecular weight is 300 g/mol. The third-order valence-electron chi connectivity index (χ3n) is 3.72. The van der Waals surface area contributed by atoms with Gasteiger partial charge in [0.15, 0.2) is 5.96 Å². The van der Waals surface area contributed by atoms with E-state index in [4.69, 9.17) is 5.11 Å². The molecule has 0 rings (SSSR count). The predicted molar refractivity (Wildman–Crippen MR) is 91.8 cm³/mol. The van der Waals surface area contributed by atoms with Gasteiger partial charge in [0.2, 0.25) is 0 Å². The summed E-state index contributed by atoms with van der Waals surface area (Å²) in [6.45, 7) is 12.4. The molecule has 0 aliphatic heterocycles. The lowest BCUT2D eigenvalue weighted by atomic mass is 10.0. The molecule has 0 aromatic rings. The SMILES string of the molecule is CCCC(CCO)CN=C(NCC)NCCN(C)C(C)C. The van der Waals surface area contributed by atoms with Gasteiger partial charge in [-0.05, 0) is 46.6 Å². The molecule has 3 N–H and O–H groups in total. The highest BCUT2D eigenvalue weighted by atomic mass is 16.3. The Balaban J connectivity index is 4.27. The molecule has 0 spiro atoms. The summed E-state index contributed by atoms with van der Waals surface area (Å²) in [6.07, 6.45) is 3.11. The maximum Gasteiger partial charge on any atom is 0.191 e. The molecule has 21 heavy (non-hydrogen) atoms. The van der Waals surface area contributed by atoms with Gasteiger partial charge in [-0.15, -0.1) is 0 Å². The first kappa shape index (κ1) is 20.2. The van der Waals surface area contributed by atoms with Crippen LogP contribution in [0.4, 0.5) is 0 Å². The van der Waals surface area contributed by atoms with E-state index in [0.29, 0.717) is 12.0 Å². The van der Waals surface area contributed by atoms with E-state index < -0.39 is 0 Å². The third kappa shape index (κ3) is 10.5. The second kappa shape index (κ2) is 12.9. The van der Waals surface area contributed by atoms with E-state index in [2.05, 4.69) is 55.3 Å². The molecule has 0 heterocycles. The fourth-order valence-corrected chi connectivity index (χ4v) is 2.09. The van der Waals surface area contributed by atoms with Crippen LogP contribution in [0.3, 0.4) is 0 Å². The van der Waals surface area contributed by atoms with Gasteiger partial charge >= 0.3 is 0 Å². The second-order valence-corrected chi connectivity index (χ2v) is 5.89. The Hall–Kier alpha value is -0.810. The number of rotatable bonds is 11. The Morgan fingerprint density at radius 2 is 1.90 bits per heavy atom. The van der Waals surface area contributed by atoms with Crippen LogP contribution in [0.2, 0.25) is 0 Å². The van der Waals surface area contributed by atoms with Gasteiger partial charge in [0, 0.05) is 38.8 Å². The van der Waals surface area contributed by atoms with Gasteiger partial charge in [-0.2, -0.15) is 0 Å². The molecule has 0 aliphatic carbocycles. The quantitative estimate of drug-likeness (QED) is 0.401. The van der Waals surface area contributed by atoms with Crippen molar-refractivity contribution in [3.63, 3.8) is 0 Å². The number of hydrogen-bond acceptors (Lipinski definition) is 3. The molecule has 5 heteroatoms. The minimum atomic E-state index is 0.253. The van der Waals surface area contributed by atoms with Crippen molar-refractivity contribution in [1.29, 1.82) is 0 Å². The molecule has 1 unspecified atom stereocenters. The monoisotopic (exact) mass is 300 g/mol. The molecule has 126 valence electrons. The van der Waals surface area contributed by atoms with Crippen molar-refractivity contribution in [2.75, 3.05) is 39.8 Å².